The van der Waals surface area contributed by atoms with Crippen LogP contribution in [-0.2, 0) is 14.3 Å². The predicted molar refractivity (Wildman–Crippen MR) is 66.2 cm³/mol. The van der Waals surface area contributed by atoms with Gasteiger partial charge in [0.05, 0.1) is 18.3 Å². The molecule has 0 aromatic heterocycles. The van der Waals surface area contributed by atoms with Crippen LogP contribution in [-0.4, -0.2) is 29.7 Å². The summed E-state index contributed by atoms with van der Waals surface area (Å²) < 4.78 is 11.4. The quantitative estimate of drug-likeness (QED) is 0.620. The molecule has 3 heteroatoms. The van der Waals surface area contributed by atoms with Gasteiger partial charge in [-0.2, -0.15) is 0 Å². The first kappa shape index (κ1) is 11.4. The van der Waals surface area contributed by atoms with E-state index >= 15 is 0 Å². The summed E-state index contributed by atoms with van der Waals surface area (Å²) >= 11 is 0. The highest BCUT2D eigenvalue weighted by atomic mass is 16.6. The molecule has 100 valence electrons. The van der Waals surface area contributed by atoms with Crippen molar-refractivity contribution < 1.29 is 14.3 Å². The van der Waals surface area contributed by atoms with Crippen LogP contribution < -0.4 is 0 Å². The number of hydrogen-bond acceptors (Lipinski definition) is 3. The minimum atomic E-state index is -0.405. The average Bonchev–Trinajstić information content (AvgIpc) is 3.14. The third-order valence-corrected chi connectivity index (χ3v) is 6.12. The molecule has 4 rings (SSSR count). The lowest BCUT2D eigenvalue weighted by Gasteiger charge is -2.53. The lowest BCUT2D eigenvalue weighted by Crippen LogP contribution is -2.53. The van der Waals surface area contributed by atoms with Gasteiger partial charge in [0.25, 0.3) is 0 Å². The van der Waals surface area contributed by atoms with Gasteiger partial charge in [0.1, 0.15) is 0 Å². The van der Waals surface area contributed by atoms with E-state index in [1.54, 1.807) is 0 Å². The molecule has 0 bridgehead atoms. The fourth-order valence-corrected chi connectivity index (χ4v) is 4.54. The highest BCUT2D eigenvalue weighted by Gasteiger charge is 2.69. The van der Waals surface area contributed by atoms with E-state index in [-0.39, 0.29) is 11.7 Å². The van der Waals surface area contributed by atoms with Gasteiger partial charge in [0.15, 0.2) is 11.4 Å². The zero-order valence-corrected chi connectivity index (χ0v) is 11.5. The molecule has 2 heterocycles. The van der Waals surface area contributed by atoms with E-state index in [4.69, 9.17) is 9.47 Å². The van der Waals surface area contributed by atoms with E-state index in [0.717, 1.165) is 12.8 Å². The van der Waals surface area contributed by atoms with Crippen molar-refractivity contribution in [3.63, 3.8) is 0 Å². The Balaban J connectivity index is 1.66. The van der Waals surface area contributed by atoms with Crippen LogP contribution in [0.1, 0.15) is 46.5 Å². The van der Waals surface area contributed by atoms with Crippen LogP contribution in [0.4, 0.5) is 0 Å². The van der Waals surface area contributed by atoms with E-state index in [9.17, 15) is 4.79 Å². The molecule has 2 aliphatic carbocycles. The fraction of sp³-hybridized carbons (Fsp3) is 0.933. The Morgan fingerprint density at radius 3 is 2.56 bits per heavy atom. The van der Waals surface area contributed by atoms with Gasteiger partial charge < -0.3 is 9.47 Å². The van der Waals surface area contributed by atoms with E-state index in [1.807, 2.05) is 0 Å². The molecule has 4 fully saturated rings. The molecule has 0 amide bonds. The van der Waals surface area contributed by atoms with Gasteiger partial charge in [-0.15, -0.1) is 0 Å². The summed E-state index contributed by atoms with van der Waals surface area (Å²) in [5.41, 5.74) is -0.0569. The summed E-state index contributed by atoms with van der Waals surface area (Å²) in [6.45, 7) is 7.49. The highest BCUT2D eigenvalue weighted by Crippen LogP contribution is 2.63. The zero-order valence-electron chi connectivity index (χ0n) is 11.5. The highest BCUT2D eigenvalue weighted by molar-refractivity contribution is 5.91. The first-order chi connectivity index (χ1) is 8.37. The third kappa shape index (κ3) is 1.30. The van der Waals surface area contributed by atoms with Crippen molar-refractivity contribution in [3.05, 3.63) is 0 Å². The third-order valence-electron chi connectivity index (χ3n) is 6.12. The number of hydrogen-bond donors (Lipinski definition) is 0. The van der Waals surface area contributed by atoms with Gasteiger partial charge in [0.2, 0.25) is 0 Å². The Bertz CT molecular complexity index is 423. The van der Waals surface area contributed by atoms with Crippen molar-refractivity contribution in [2.45, 2.75) is 63.8 Å². The van der Waals surface area contributed by atoms with Crippen LogP contribution in [0, 0.1) is 17.3 Å². The molecule has 0 N–H and O–H groups in total. The molecular weight excluding hydrogens is 228 g/mol. The van der Waals surface area contributed by atoms with Crippen molar-refractivity contribution in [1.29, 1.82) is 0 Å². The van der Waals surface area contributed by atoms with Gasteiger partial charge in [-0.25, -0.2) is 0 Å². The van der Waals surface area contributed by atoms with Crippen LogP contribution in [0.25, 0.3) is 0 Å². The first-order valence-electron chi connectivity index (χ1n) is 7.23. The Kier molecular flexibility index (Phi) is 1.91. The number of ether oxygens (including phenoxy) is 2. The maximum atomic E-state index is 12.5. The lowest BCUT2D eigenvalue weighted by atomic mass is 9.50. The zero-order chi connectivity index (χ0) is 12.8. The number of fused-ring (bicyclic) bond motifs is 3. The molecule has 0 aromatic rings. The van der Waals surface area contributed by atoms with E-state index in [0.29, 0.717) is 36.1 Å². The van der Waals surface area contributed by atoms with Crippen molar-refractivity contribution in [2.75, 3.05) is 6.61 Å². The van der Waals surface area contributed by atoms with E-state index in [2.05, 4.69) is 20.8 Å². The molecule has 18 heavy (non-hydrogen) atoms. The summed E-state index contributed by atoms with van der Waals surface area (Å²) in [4.78, 5) is 12.5. The smallest absolute Gasteiger partial charge is 0.170 e. The molecule has 0 unspecified atom stereocenters. The number of Topliss-reactive ketones (excluding diaryl/α,β-unsaturated/α-hetero) is 1. The van der Waals surface area contributed by atoms with Crippen molar-refractivity contribution in [3.8, 4) is 0 Å². The standard InChI is InChI=1S/C15H22O3/c1-13(2)7-10-9(13)4-5-14(3)12(18-14)6-11(16)15(10)8-17-15/h9-10,12H,4-8H2,1-3H3/t9-,10+,12-,14-,15+/m1/s1. The van der Waals surface area contributed by atoms with Crippen molar-refractivity contribution in [2.24, 2.45) is 17.3 Å². The van der Waals surface area contributed by atoms with Gasteiger partial charge in [0, 0.05) is 12.3 Å². The second-order valence-electron chi connectivity index (χ2n) is 7.67. The molecule has 2 saturated heterocycles. The monoisotopic (exact) mass is 250 g/mol. The van der Waals surface area contributed by atoms with Crippen molar-refractivity contribution >= 4 is 5.78 Å². The minimum absolute atomic E-state index is 0.0215. The second-order valence-corrected chi connectivity index (χ2v) is 7.67. The fourth-order valence-electron chi connectivity index (χ4n) is 4.54. The van der Waals surface area contributed by atoms with Crippen molar-refractivity contribution in [1.82, 2.24) is 0 Å². The topological polar surface area (TPSA) is 42.1 Å². The summed E-state index contributed by atoms with van der Waals surface area (Å²) in [6.07, 6.45) is 4.16. The molecule has 0 aromatic carbocycles. The normalized spacial score (nSPS) is 56.6. The van der Waals surface area contributed by atoms with Crippen LogP contribution in [0.5, 0.6) is 0 Å². The summed E-state index contributed by atoms with van der Waals surface area (Å²) in [6, 6.07) is 0. The Morgan fingerprint density at radius 2 is 1.94 bits per heavy atom. The molecule has 1 spiro atoms. The molecular formula is C15H22O3. The first-order valence-corrected chi connectivity index (χ1v) is 7.23. The number of rotatable bonds is 0. The summed E-state index contributed by atoms with van der Waals surface area (Å²) in [5.74, 6) is 1.41. The van der Waals surface area contributed by atoms with Crippen LogP contribution in [0.3, 0.4) is 0 Å². The molecule has 2 aliphatic heterocycles. The maximum absolute atomic E-state index is 12.5. The Labute approximate surface area is 108 Å². The maximum Gasteiger partial charge on any atom is 0.170 e. The van der Waals surface area contributed by atoms with Gasteiger partial charge in [-0.05, 0) is 37.5 Å². The van der Waals surface area contributed by atoms with Gasteiger partial charge in [-0.1, -0.05) is 13.8 Å². The van der Waals surface area contributed by atoms with Gasteiger partial charge in [-0.3, -0.25) is 4.79 Å². The van der Waals surface area contributed by atoms with Crippen LogP contribution in [0.2, 0.25) is 0 Å². The Hall–Kier alpha value is -0.410. The Morgan fingerprint density at radius 1 is 1.22 bits per heavy atom. The molecule has 2 saturated carbocycles. The lowest BCUT2D eigenvalue weighted by molar-refractivity contribution is -0.136. The molecule has 4 aliphatic rings. The number of ketones is 1. The van der Waals surface area contributed by atoms with Crippen LogP contribution >= 0.6 is 0 Å². The SMILES string of the molecule is CC1(C)C[C@H]2[C@H]1CC[C@@]1(C)O[C@@H]1CC(=O)[C@]21CO1. The van der Waals surface area contributed by atoms with Crippen LogP contribution in [0.15, 0.2) is 0 Å². The van der Waals surface area contributed by atoms with E-state index < -0.39 is 5.60 Å². The number of carbonyl (C=O) groups excluding carboxylic acids is 1. The largest absolute Gasteiger partial charge is 0.366 e. The summed E-state index contributed by atoms with van der Waals surface area (Å²) in [5, 5.41) is 0. The number of carbonyl (C=O) groups is 1. The van der Waals surface area contributed by atoms with Gasteiger partial charge >= 0.3 is 0 Å². The molecule has 5 atom stereocenters. The molecule has 0 radical (unpaired) electrons. The predicted octanol–water partition coefficient (Wildman–Crippen LogP) is 2.33. The minimum Gasteiger partial charge on any atom is -0.366 e. The molecule has 3 nitrogen and oxygen atoms in total. The number of epoxide rings is 2. The second kappa shape index (κ2) is 3.01. The van der Waals surface area contributed by atoms with E-state index in [1.165, 1.54) is 6.42 Å². The average molecular weight is 250 g/mol. The summed E-state index contributed by atoms with van der Waals surface area (Å²) in [7, 11) is 0.